The number of benzene rings is 1. The Kier molecular flexibility index (Phi) is 8.36. The highest BCUT2D eigenvalue weighted by atomic mass is 35.5. The summed E-state index contributed by atoms with van der Waals surface area (Å²) in [5.74, 6) is 1.73. The second-order valence-electron chi connectivity index (χ2n) is 6.38. The van der Waals surface area contributed by atoms with Crippen LogP contribution in [0.2, 0.25) is 0 Å². The van der Waals surface area contributed by atoms with Crippen LogP contribution in [0.5, 0.6) is 11.5 Å². The topological polar surface area (TPSA) is 59.6 Å². The van der Waals surface area contributed by atoms with Gasteiger partial charge in [0, 0.05) is 18.0 Å². The van der Waals surface area contributed by atoms with Crippen molar-refractivity contribution in [3.8, 4) is 11.5 Å². The van der Waals surface area contributed by atoms with Crippen LogP contribution in [0.15, 0.2) is 18.2 Å². The predicted octanol–water partition coefficient (Wildman–Crippen LogP) is 2.56. The molecule has 1 aliphatic heterocycles. The summed E-state index contributed by atoms with van der Waals surface area (Å²) in [5.41, 5.74) is 1.12. The first-order valence-electron chi connectivity index (χ1n) is 8.28. The zero-order valence-electron chi connectivity index (χ0n) is 14.9. The maximum Gasteiger partial charge on any atom is 0.223 e. The quantitative estimate of drug-likeness (QED) is 0.822. The van der Waals surface area contributed by atoms with E-state index in [4.69, 9.17) is 9.47 Å². The standard InChI is InChI=1S/C18H28N2O3.ClH/c1-12-10-15(7-8-19-12)18(21)20-13(2)9-14-5-6-16(22-3)17(11-14)23-4;/h5-6,11-13,15,19H,7-10H2,1-4H3,(H,20,21);1H/t12-,13?,15-;/m0./s1. The molecule has 1 fully saturated rings. The number of halogens is 1. The van der Waals surface area contributed by atoms with Crippen molar-refractivity contribution in [3.05, 3.63) is 23.8 Å². The fourth-order valence-corrected chi connectivity index (χ4v) is 3.14. The Hall–Kier alpha value is -1.46. The van der Waals surface area contributed by atoms with Crippen LogP contribution in [0.4, 0.5) is 0 Å². The number of carbonyl (C=O) groups excluding carboxylic acids is 1. The van der Waals surface area contributed by atoms with Crippen molar-refractivity contribution in [2.75, 3.05) is 20.8 Å². The van der Waals surface area contributed by atoms with E-state index in [0.29, 0.717) is 6.04 Å². The zero-order valence-corrected chi connectivity index (χ0v) is 15.7. The minimum Gasteiger partial charge on any atom is -0.493 e. The third kappa shape index (κ3) is 5.56. The minimum atomic E-state index is 0. The normalized spacial score (nSPS) is 21.3. The fourth-order valence-electron chi connectivity index (χ4n) is 3.14. The van der Waals surface area contributed by atoms with Crippen molar-refractivity contribution in [2.45, 2.75) is 45.2 Å². The van der Waals surface area contributed by atoms with E-state index in [-0.39, 0.29) is 30.3 Å². The van der Waals surface area contributed by atoms with Gasteiger partial charge in [0.2, 0.25) is 5.91 Å². The van der Waals surface area contributed by atoms with Gasteiger partial charge < -0.3 is 20.1 Å². The molecule has 136 valence electrons. The highest BCUT2D eigenvalue weighted by molar-refractivity contribution is 5.85. The van der Waals surface area contributed by atoms with Gasteiger partial charge >= 0.3 is 0 Å². The van der Waals surface area contributed by atoms with Crippen LogP contribution in [0, 0.1) is 5.92 Å². The highest BCUT2D eigenvalue weighted by Crippen LogP contribution is 2.28. The molecule has 1 saturated heterocycles. The van der Waals surface area contributed by atoms with E-state index in [1.165, 1.54) is 0 Å². The molecule has 1 aromatic rings. The lowest BCUT2D eigenvalue weighted by atomic mass is 9.92. The molecule has 0 saturated carbocycles. The number of rotatable bonds is 6. The van der Waals surface area contributed by atoms with Crippen LogP contribution in [0.1, 0.15) is 32.3 Å². The lowest BCUT2D eigenvalue weighted by Crippen LogP contribution is -2.45. The van der Waals surface area contributed by atoms with Crippen LogP contribution in [0.25, 0.3) is 0 Å². The Morgan fingerprint density at radius 1 is 1.33 bits per heavy atom. The van der Waals surface area contributed by atoms with Crippen molar-refractivity contribution < 1.29 is 14.3 Å². The van der Waals surface area contributed by atoms with E-state index >= 15 is 0 Å². The number of methoxy groups -OCH3 is 2. The van der Waals surface area contributed by atoms with Gasteiger partial charge in [0.15, 0.2) is 11.5 Å². The van der Waals surface area contributed by atoms with Gasteiger partial charge in [-0.15, -0.1) is 12.4 Å². The molecule has 6 heteroatoms. The molecule has 1 aliphatic rings. The largest absolute Gasteiger partial charge is 0.493 e. The van der Waals surface area contributed by atoms with E-state index in [9.17, 15) is 4.79 Å². The SMILES string of the molecule is COc1ccc(CC(C)NC(=O)[C@H]2CCN[C@@H](C)C2)cc1OC.Cl. The van der Waals surface area contributed by atoms with Gasteiger partial charge in [-0.2, -0.15) is 0 Å². The molecule has 1 heterocycles. The van der Waals surface area contributed by atoms with Gasteiger partial charge in [0.1, 0.15) is 0 Å². The summed E-state index contributed by atoms with van der Waals surface area (Å²) in [5, 5.41) is 6.52. The molecule has 5 nitrogen and oxygen atoms in total. The molecular formula is C18H29ClN2O3. The maximum absolute atomic E-state index is 12.4. The molecular weight excluding hydrogens is 328 g/mol. The van der Waals surface area contributed by atoms with Crippen molar-refractivity contribution in [1.82, 2.24) is 10.6 Å². The first-order valence-corrected chi connectivity index (χ1v) is 8.28. The van der Waals surface area contributed by atoms with Gasteiger partial charge in [-0.1, -0.05) is 6.07 Å². The van der Waals surface area contributed by atoms with Gasteiger partial charge in [0.25, 0.3) is 0 Å². The number of hydrogen-bond donors (Lipinski definition) is 2. The fraction of sp³-hybridized carbons (Fsp3) is 0.611. The van der Waals surface area contributed by atoms with Crippen LogP contribution >= 0.6 is 12.4 Å². The first-order chi connectivity index (χ1) is 11.0. The molecule has 1 amide bonds. The lowest BCUT2D eigenvalue weighted by molar-refractivity contribution is -0.126. The average Bonchev–Trinajstić information content (AvgIpc) is 2.54. The van der Waals surface area contributed by atoms with E-state index in [1.807, 2.05) is 25.1 Å². The van der Waals surface area contributed by atoms with Gasteiger partial charge in [-0.25, -0.2) is 0 Å². The predicted molar refractivity (Wildman–Crippen MR) is 98.3 cm³/mol. The van der Waals surface area contributed by atoms with E-state index in [2.05, 4.69) is 17.6 Å². The molecule has 1 unspecified atom stereocenters. The van der Waals surface area contributed by atoms with Crippen molar-refractivity contribution in [3.63, 3.8) is 0 Å². The smallest absolute Gasteiger partial charge is 0.223 e. The highest BCUT2D eigenvalue weighted by Gasteiger charge is 2.25. The molecule has 0 spiro atoms. The Balaban J connectivity index is 0.00000288. The first kappa shape index (κ1) is 20.6. The number of hydrogen-bond acceptors (Lipinski definition) is 4. The summed E-state index contributed by atoms with van der Waals surface area (Å²) in [7, 11) is 3.26. The lowest BCUT2D eigenvalue weighted by Gasteiger charge is -2.28. The Bertz CT molecular complexity index is 539. The van der Waals surface area contributed by atoms with Crippen LogP contribution in [0.3, 0.4) is 0 Å². The van der Waals surface area contributed by atoms with Gasteiger partial charge in [-0.05, 0) is 57.4 Å². The Morgan fingerprint density at radius 3 is 2.67 bits per heavy atom. The molecule has 1 aromatic carbocycles. The summed E-state index contributed by atoms with van der Waals surface area (Å²) in [6.45, 7) is 5.09. The number of amides is 1. The summed E-state index contributed by atoms with van der Waals surface area (Å²) >= 11 is 0. The van der Waals surface area contributed by atoms with E-state index < -0.39 is 0 Å². The van der Waals surface area contributed by atoms with E-state index in [0.717, 1.165) is 42.9 Å². The third-order valence-corrected chi connectivity index (χ3v) is 4.37. The number of carbonyl (C=O) groups is 1. The summed E-state index contributed by atoms with van der Waals surface area (Å²) in [6.07, 6.45) is 2.60. The second kappa shape index (κ2) is 9.74. The number of ether oxygens (including phenoxy) is 2. The molecule has 2 rings (SSSR count). The maximum atomic E-state index is 12.4. The summed E-state index contributed by atoms with van der Waals surface area (Å²) in [6, 6.07) is 6.38. The van der Waals surface area contributed by atoms with Crippen molar-refractivity contribution in [2.24, 2.45) is 5.92 Å². The Morgan fingerprint density at radius 2 is 2.04 bits per heavy atom. The molecule has 3 atom stereocenters. The van der Waals surface area contributed by atoms with Crippen LogP contribution in [-0.4, -0.2) is 38.8 Å². The Labute approximate surface area is 150 Å². The summed E-state index contributed by atoms with van der Waals surface area (Å²) < 4.78 is 10.6. The number of piperidine rings is 1. The average molecular weight is 357 g/mol. The minimum absolute atomic E-state index is 0. The molecule has 24 heavy (non-hydrogen) atoms. The monoisotopic (exact) mass is 356 g/mol. The van der Waals surface area contributed by atoms with Crippen LogP contribution in [-0.2, 0) is 11.2 Å². The van der Waals surface area contributed by atoms with E-state index in [1.54, 1.807) is 14.2 Å². The second-order valence-corrected chi connectivity index (χ2v) is 6.38. The molecule has 0 radical (unpaired) electrons. The van der Waals surface area contributed by atoms with Gasteiger partial charge in [0.05, 0.1) is 14.2 Å². The van der Waals surface area contributed by atoms with Gasteiger partial charge in [-0.3, -0.25) is 4.79 Å². The van der Waals surface area contributed by atoms with Crippen molar-refractivity contribution in [1.29, 1.82) is 0 Å². The molecule has 0 bridgehead atoms. The molecule has 0 aliphatic carbocycles. The van der Waals surface area contributed by atoms with Crippen molar-refractivity contribution >= 4 is 18.3 Å². The molecule has 2 N–H and O–H groups in total. The number of nitrogens with one attached hydrogen (secondary N) is 2. The van der Waals surface area contributed by atoms with Crippen LogP contribution < -0.4 is 20.1 Å². The summed E-state index contributed by atoms with van der Waals surface area (Å²) in [4.78, 5) is 12.4. The third-order valence-electron chi connectivity index (χ3n) is 4.37. The zero-order chi connectivity index (χ0) is 16.8. The molecule has 0 aromatic heterocycles.